The molecular weight excluding hydrogens is 412 g/mol. The minimum atomic E-state index is 0.223. The van der Waals surface area contributed by atoms with Crippen LogP contribution >= 0.6 is 0 Å². The van der Waals surface area contributed by atoms with Crippen molar-refractivity contribution in [1.29, 1.82) is 10.5 Å². The molecular formula is C26H26N6O. The zero-order valence-electron chi connectivity index (χ0n) is 18.6. The number of nitrogens with zero attached hydrogens (tertiary/aromatic N) is 6. The Morgan fingerprint density at radius 3 is 2.48 bits per heavy atom. The number of aromatic nitrogens is 2. The molecule has 4 aliphatic rings. The number of pyridine rings is 2. The number of carbonyl (C=O) groups excluding carboxylic acids is 1. The van der Waals surface area contributed by atoms with Crippen LogP contribution in [0.1, 0.15) is 61.3 Å². The summed E-state index contributed by atoms with van der Waals surface area (Å²) in [6.07, 6.45) is 9.90. The molecule has 33 heavy (non-hydrogen) atoms. The Morgan fingerprint density at radius 2 is 1.82 bits per heavy atom. The highest BCUT2D eigenvalue weighted by Gasteiger charge is 2.45. The topological polar surface area (TPSA) is 96.9 Å². The predicted molar refractivity (Wildman–Crippen MR) is 122 cm³/mol. The molecule has 7 nitrogen and oxygen atoms in total. The summed E-state index contributed by atoms with van der Waals surface area (Å²) >= 11 is 0. The van der Waals surface area contributed by atoms with Crippen LogP contribution in [0.25, 0.3) is 11.1 Å². The molecule has 1 saturated heterocycles. The third-order valence-corrected chi connectivity index (χ3v) is 7.39. The largest absolute Gasteiger partial charge is 0.352 e. The Labute approximate surface area is 193 Å². The smallest absolute Gasteiger partial charge is 0.226 e. The van der Waals surface area contributed by atoms with E-state index >= 15 is 0 Å². The molecule has 0 radical (unpaired) electrons. The fourth-order valence-corrected chi connectivity index (χ4v) is 5.11. The van der Waals surface area contributed by atoms with Crippen LogP contribution in [0.2, 0.25) is 0 Å². The number of anilines is 1. The fraction of sp³-hybridized carbons (Fsp3) is 0.500. The lowest BCUT2D eigenvalue weighted by atomic mass is 9.99. The summed E-state index contributed by atoms with van der Waals surface area (Å²) in [5.74, 6) is 2.27. The second kappa shape index (κ2) is 7.85. The second-order valence-corrected chi connectivity index (χ2v) is 9.91. The Kier molecular flexibility index (Phi) is 4.80. The highest BCUT2D eigenvalue weighted by Crippen LogP contribution is 2.46. The first kappa shape index (κ1) is 20.2. The maximum Gasteiger partial charge on any atom is 0.226 e. The van der Waals surface area contributed by atoms with E-state index in [-0.39, 0.29) is 12.0 Å². The predicted octanol–water partition coefficient (Wildman–Crippen LogP) is 3.60. The van der Waals surface area contributed by atoms with E-state index < -0.39 is 0 Å². The molecule has 3 saturated carbocycles. The van der Waals surface area contributed by atoms with Gasteiger partial charge in [-0.25, -0.2) is 4.98 Å². The van der Waals surface area contributed by atoms with E-state index in [1.165, 1.54) is 12.8 Å². The van der Waals surface area contributed by atoms with Crippen molar-refractivity contribution in [1.82, 2.24) is 14.9 Å². The van der Waals surface area contributed by atoms with Crippen LogP contribution in [-0.4, -0.2) is 46.5 Å². The molecule has 2 aromatic heterocycles. The summed E-state index contributed by atoms with van der Waals surface area (Å²) in [6.45, 7) is 2.16. The summed E-state index contributed by atoms with van der Waals surface area (Å²) in [5.41, 5.74) is 3.79. The lowest BCUT2D eigenvalue weighted by Gasteiger charge is -2.43. The van der Waals surface area contributed by atoms with E-state index in [9.17, 15) is 15.3 Å². The first-order valence-electron chi connectivity index (χ1n) is 12.0. The summed E-state index contributed by atoms with van der Waals surface area (Å²) in [4.78, 5) is 26.6. The molecule has 6 rings (SSSR count). The van der Waals surface area contributed by atoms with Crippen molar-refractivity contribution in [2.75, 3.05) is 24.5 Å². The molecule has 7 heteroatoms. The number of amides is 1. The van der Waals surface area contributed by atoms with Gasteiger partial charge in [0, 0.05) is 55.0 Å². The number of piperazine rings is 1. The molecule has 1 amide bonds. The highest BCUT2D eigenvalue weighted by molar-refractivity contribution is 5.82. The minimum Gasteiger partial charge on any atom is -0.352 e. The van der Waals surface area contributed by atoms with E-state index in [4.69, 9.17) is 4.98 Å². The Balaban J connectivity index is 1.35. The summed E-state index contributed by atoms with van der Waals surface area (Å²) in [7, 11) is 0. The van der Waals surface area contributed by atoms with E-state index in [2.05, 4.69) is 26.9 Å². The van der Waals surface area contributed by atoms with Crippen molar-refractivity contribution in [2.45, 2.75) is 50.5 Å². The monoisotopic (exact) mass is 438 g/mol. The van der Waals surface area contributed by atoms with Gasteiger partial charge >= 0.3 is 0 Å². The molecule has 166 valence electrons. The molecule has 0 aromatic carbocycles. The van der Waals surface area contributed by atoms with Crippen LogP contribution < -0.4 is 4.90 Å². The van der Waals surface area contributed by atoms with Gasteiger partial charge in [0.1, 0.15) is 18.0 Å². The highest BCUT2D eigenvalue weighted by atomic mass is 16.2. The first-order chi connectivity index (χ1) is 16.2. The van der Waals surface area contributed by atoms with E-state index in [1.807, 2.05) is 12.1 Å². The SMILES string of the molecule is N#Cc1cncc(-c2cc(C#N)c(N3CCN(C(=O)C4CC4)[C@H](C4CC4)C3)nc2C2CC2)c1. The van der Waals surface area contributed by atoms with Crippen molar-refractivity contribution < 1.29 is 4.79 Å². The average molecular weight is 439 g/mol. The third-order valence-electron chi connectivity index (χ3n) is 7.39. The van der Waals surface area contributed by atoms with Gasteiger partial charge < -0.3 is 9.80 Å². The van der Waals surface area contributed by atoms with Crippen molar-refractivity contribution in [3.8, 4) is 23.3 Å². The van der Waals surface area contributed by atoms with Gasteiger partial charge in [-0.3, -0.25) is 9.78 Å². The summed E-state index contributed by atoms with van der Waals surface area (Å²) in [6, 6.07) is 8.50. The molecule has 2 aromatic rings. The van der Waals surface area contributed by atoms with Gasteiger partial charge in [0.25, 0.3) is 0 Å². The number of carbonyl (C=O) groups is 1. The van der Waals surface area contributed by atoms with E-state index in [0.717, 1.165) is 54.9 Å². The van der Waals surface area contributed by atoms with E-state index in [1.54, 1.807) is 12.4 Å². The average Bonchev–Trinajstić information content (AvgIpc) is 3.72. The molecule has 4 fully saturated rings. The summed E-state index contributed by atoms with van der Waals surface area (Å²) in [5, 5.41) is 19.3. The maximum absolute atomic E-state index is 12.9. The first-order valence-corrected chi connectivity index (χ1v) is 12.0. The van der Waals surface area contributed by atoms with Crippen LogP contribution in [0.3, 0.4) is 0 Å². The Morgan fingerprint density at radius 1 is 1.00 bits per heavy atom. The van der Waals surface area contributed by atoms with Gasteiger partial charge in [-0.1, -0.05) is 0 Å². The summed E-state index contributed by atoms with van der Waals surface area (Å²) < 4.78 is 0. The zero-order valence-corrected chi connectivity index (χ0v) is 18.6. The number of rotatable bonds is 5. The number of nitriles is 2. The van der Waals surface area contributed by atoms with Crippen LogP contribution in [0.15, 0.2) is 24.5 Å². The van der Waals surface area contributed by atoms with Crippen molar-refractivity contribution >= 4 is 11.7 Å². The van der Waals surface area contributed by atoms with Crippen LogP contribution in [0.5, 0.6) is 0 Å². The van der Waals surface area contributed by atoms with Crippen LogP contribution in [-0.2, 0) is 4.79 Å². The quantitative estimate of drug-likeness (QED) is 0.708. The molecule has 0 N–H and O–H groups in total. The van der Waals surface area contributed by atoms with Gasteiger partial charge in [-0.05, 0) is 56.6 Å². The van der Waals surface area contributed by atoms with Gasteiger partial charge in [0.05, 0.1) is 22.9 Å². The number of hydrogen-bond acceptors (Lipinski definition) is 6. The Bertz CT molecular complexity index is 1200. The standard InChI is InChI=1S/C26H26N6O/c27-11-16-9-21(14-29-13-16)22-10-20(12-28)25(30-24(22)18-3-4-18)31-7-8-32(26(33)19-5-6-19)23(15-31)17-1-2-17/h9-10,13-14,17-19,23H,1-8,15H2/t23-/m0/s1. The third kappa shape index (κ3) is 3.82. The van der Waals surface area contributed by atoms with Gasteiger partial charge in [0.2, 0.25) is 5.91 Å². The van der Waals surface area contributed by atoms with Crippen LogP contribution in [0.4, 0.5) is 5.82 Å². The van der Waals surface area contributed by atoms with Gasteiger partial charge in [-0.2, -0.15) is 10.5 Å². The Hall–Kier alpha value is -3.45. The van der Waals surface area contributed by atoms with Crippen molar-refractivity contribution in [3.63, 3.8) is 0 Å². The molecule has 0 unspecified atom stereocenters. The molecule has 1 atom stereocenters. The fourth-order valence-electron chi connectivity index (χ4n) is 5.11. The number of hydrogen-bond donors (Lipinski definition) is 0. The lowest BCUT2D eigenvalue weighted by Crippen LogP contribution is -2.57. The van der Waals surface area contributed by atoms with Gasteiger partial charge in [0.15, 0.2) is 0 Å². The zero-order chi connectivity index (χ0) is 22.5. The maximum atomic E-state index is 12.9. The molecule has 0 spiro atoms. The van der Waals surface area contributed by atoms with Gasteiger partial charge in [-0.15, -0.1) is 0 Å². The molecule has 1 aliphatic heterocycles. The molecule has 3 aliphatic carbocycles. The molecule has 3 heterocycles. The van der Waals surface area contributed by atoms with E-state index in [0.29, 0.717) is 42.0 Å². The normalized spacial score (nSPS) is 22.5. The van der Waals surface area contributed by atoms with Crippen LogP contribution in [0, 0.1) is 34.5 Å². The van der Waals surface area contributed by atoms with Crippen molar-refractivity contribution in [2.24, 2.45) is 11.8 Å². The molecule has 0 bridgehead atoms. The van der Waals surface area contributed by atoms with Crippen molar-refractivity contribution in [3.05, 3.63) is 41.3 Å². The lowest BCUT2D eigenvalue weighted by molar-refractivity contribution is -0.135. The minimum absolute atomic E-state index is 0.223. The second-order valence-electron chi connectivity index (χ2n) is 9.91.